The van der Waals surface area contributed by atoms with Crippen molar-refractivity contribution in [1.82, 2.24) is 4.57 Å². The number of hydrogen-bond acceptors (Lipinski definition) is 4. The molecule has 1 aromatic heterocycles. The summed E-state index contributed by atoms with van der Waals surface area (Å²) in [6.07, 6.45) is 2.85. The van der Waals surface area contributed by atoms with Gasteiger partial charge in [0.1, 0.15) is 11.8 Å². The van der Waals surface area contributed by atoms with Crippen LogP contribution in [0.3, 0.4) is 0 Å². The second-order valence-corrected chi connectivity index (χ2v) is 5.02. The zero-order valence-electron chi connectivity index (χ0n) is 11.9. The molecule has 2 heterocycles. The zero-order valence-corrected chi connectivity index (χ0v) is 11.9. The monoisotopic (exact) mass is 283 g/mol. The predicted octanol–water partition coefficient (Wildman–Crippen LogP) is 2.67. The fourth-order valence-electron chi connectivity index (χ4n) is 2.32. The Morgan fingerprint density at radius 2 is 2.05 bits per heavy atom. The smallest absolute Gasteiger partial charge is 0.163 e. The van der Waals surface area contributed by atoms with Gasteiger partial charge in [0.25, 0.3) is 0 Å². The molecule has 1 N–H and O–H groups in total. The molecule has 1 aliphatic rings. The normalized spacial score (nSPS) is 13.3. The molecular formula is C16H17N3O2. The Balaban J connectivity index is 1.70. The first-order valence-electron chi connectivity index (χ1n) is 6.95. The highest BCUT2D eigenvalue weighted by molar-refractivity contribution is 5.55. The first kappa shape index (κ1) is 13.4. The number of nitrogens with zero attached hydrogens (tertiary/aromatic N) is 2. The third kappa shape index (κ3) is 2.95. The van der Waals surface area contributed by atoms with Crippen LogP contribution in [0.4, 0.5) is 5.69 Å². The summed E-state index contributed by atoms with van der Waals surface area (Å²) in [7, 11) is 1.87. The topological polar surface area (TPSA) is 59.2 Å². The Hall–Kier alpha value is -2.61. The second kappa shape index (κ2) is 5.80. The molecule has 0 fully saturated rings. The van der Waals surface area contributed by atoms with E-state index in [0.717, 1.165) is 29.2 Å². The summed E-state index contributed by atoms with van der Waals surface area (Å²) in [5.74, 6) is 1.58. The Kier molecular flexibility index (Phi) is 3.69. The molecule has 21 heavy (non-hydrogen) atoms. The number of anilines is 1. The van der Waals surface area contributed by atoms with Crippen LogP contribution < -0.4 is 14.8 Å². The van der Waals surface area contributed by atoms with Gasteiger partial charge in [-0.05, 0) is 23.8 Å². The molecule has 3 rings (SSSR count). The summed E-state index contributed by atoms with van der Waals surface area (Å²) >= 11 is 0. The van der Waals surface area contributed by atoms with E-state index in [2.05, 4.69) is 11.4 Å². The zero-order chi connectivity index (χ0) is 14.7. The molecule has 0 saturated heterocycles. The minimum Gasteiger partial charge on any atom is -0.490 e. The number of nitriles is 1. The van der Waals surface area contributed by atoms with Gasteiger partial charge in [0.2, 0.25) is 0 Å². The third-order valence-electron chi connectivity index (χ3n) is 3.42. The third-order valence-corrected chi connectivity index (χ3v) is 3.42. The van der Waals surface area contributed by atoms with Gasteiger partial charge in [-0.3, -0.25) is 0 Å². The summed E-state index contributed by atoms with van der Waals surface area (Å²) in [5, 5.41) is 12.3. The lowest BCUT2D eigenvalue weighted by Crippen LogP contribution is -1.99. The average molecular weight is 283 g/mol. The van der Waals surface area contributed by atoms with Gasteiger partial charge in [-0.2, -0.15) is 5.26 Å². The highest BCUT2D eigenvalue weighted by Gasteiger charge is 2.10. The largest absolute Gasteiger partial charge is 0.490 e. The van der Waals surface area contributed by atoms with Crippen LogP contribution in [0.25, 0.3) is 0 Å². The molecule has 0 amide bonds. The Labute approximate surface area is 123 Å². The van der Waals surface area contributed by atoms with Crippen LogP contribution in [0.15, 0.2) is 30.5 Å². The molecule has 0 unspecified atom stereocenters. The number of aryl methyl sites for hydroxylation is 1. The maximum absolute atomic E-state index is 8.95. The molecule has 2 aromatic rings. The molecule has 108 valence electrons. The van der Waals surface area contributed by atoms with E-state index in [4.69, 9.17) is 14.7 Å². The van der Waals surface area contributed by atoms with Gasteiger partial charge < -0.3 is 19.4 Å². The van der Waals surface area contributed by atoms with Crippen molar-refractivity contribution in [2.75, 3.05) is 18.5 Å². The lowest BCUT2D eigenvalue weighted by Gasteiger charge is -2.10. The molecule has 5 nitrogen and oxygen atoms in total. The van der Waals surface area contributed by atoms with Crippen molar-refractivity contribution in [2.24, 2.45) is 7.05 Å². The highest BCUT2D eigenvalue weighted by Crippen LogP contribution is 2.32. The standard InChI is InChI=1S/C16H17N3O2/c1-19-11-12(7-14(19)9-17)10-18-13-3-4-15-16(8-13)21-6-2-5-20-15/h3-4,7-8,11,18H,2,5-6,10H2,1H3. The summed E-state index contributed by atoms with van der Waals surface area (Å²) in [4.78, 5) is 0. The SMILES string of the molecule is Cn1cc(CNc2ccc3c(c2)OCCCO3)cc1C#N. The lowest BCUT2D eigenvalue weighted by atomic mass is 10.2. The minimum absolute atomic E-state index is 0.658. The van der Waals surface area contributed by atoms with Crippen molar-refractivity contribution in [3.63, 3.8) is 0 Å². The number of aromatic nitrogens is 1. The van der Waals surface area contributed by atoms with Gasteiger partial charge in [0, 0.05) is 38.0 Å². The number of fused-ring (bicyclic) bond motifs is 1. The molecule has 1 aromatic carbocycles. The van der Waals surface area contributed by atoms with Crippen molar-refractivity contribution in [1.29, 1.82) is 5.26 Å². The lowest BCUT2D eigenvalue weighted by molar-refractivity contribution is 0.297. The van der Waals surface area contributed by atoms with E-state index < -0.39 is 0 Å². The van der Waals surface area contributed by atoms with Crippen LogP contribution in [0.5, 0.6) is 11.5 Å². The molecule has 0 radical (unpaired) electrons. The Morgan fingerprint density at radius 1 is 1.24 bits per heavy atom. The summed E-state index contributed by atoms with van der Waals surface area (Å²) in [6.45, 7) is 2.04. The summed E-state index contributed by atoms with van der Waals surface area (Å²) in [6, 6.07) is 9.90. The molecular weight excluding hydrogens is 266 g/mol. The number of ether oxygens (including phenoxy) is 2. The quantitative estimate of drug-likeness (QED) is 0.941. The fourth-order valence-corrected chi connectivity index (χ4v) is 2.32. The van der Waals surface area contributed by atoms with E-state index in [1.807, 2.05) is 42.1 Å². The van der Waals surface area contributed by atoms with Gasteiger partial charge in [-0.1, -0.05) is 0 Å². The Morgan fingerprint density at radius 3 is 2.81 bits per heavy atom. The van der Waals surface area contributed by atoms with Gasteiger partial charge in [-0.25, -0.2) is 0 Å². The van der Waals surface area contributed by atoms with Crippen molar-refractivity contribution in [2.45, 2.75) is 13.0 Å². The van der Waals surface area contributed by atoms with Gasteiger partial charge in [-0.15, -0.1) is 0 Å². The predicted molar refractivity (Wildman–Crippen MR) is 79.5 cm³/mol. The molecule has 0 atom stereocenters. The van der Waals surface area contributed by atoms with Crippen LogP contribution in [0.1, 0.15) is 17.7 Å². The molecule has 1 aliphatic heterocycles. The summed E-state index contributed by atoms with van der Waals surface area (Å²) in [5.41, 5.74) is 2.70. The van der Waals surface area contributed by atoms with Crippen molar-refractivity contribution in [3.8, 4) is 17.6 Å². The second-order valence-electron chi connectivity index (χ2n) is 5.02. The van der Waals surface area contributed by atoms with E-state index >= 15 is 0 Å². The van der Waals surface area contributed by atoms with Crippen molar-refractivity contribution < 1.29 is 9.47 Å². The van der Waals surface area contributed by atoms with Crippen LogP contribution in [0.2, 0.25) is 0 Å². The van der Waals surface area contributed by atoms with Crippen LogP contribution in [0, 0.1) is 11.3 Å². The fraction of sp³-hybridized carbons (Fsp3) is 0.312. The van der Waals surface area contributed by atoms with Crippen molar-refractivity contribution >= 4 is 5.69 Å². The average Bonchev–Trinajstić information content (AvgIpc) is 2.71. The van der Waals surface area contributed by atoms with E-state index in [9.17, 15) is 0 Å². The maximum Gasteiger partial charge on any atom is 0.163 e. The number of rotatable bonds is 3. The molecule has 5 heteroatoms. The maximum atomic E-state index is 8.95. The highest BCUT2D eigenvalue weighted by atomic mass is 16.5. The minimum atomic E-state index is 0.658. The number of benzene rings is 1. The van der Waals surface area contributed by atoms with Crippen molar-refractivity contribution in [3.05, 3.63) is 41.7 Å². The van der Waals surface area contributed by atoms with E-state index in [1.54, 1.807) is 0 Å². The van der Waals surface area contributed by atoms with E-state index in [-0.39, 0.29) is 0 Å². The van der Waals surface area contributed by atoms with E-state index in [0.29, 0.717) is 25.5 Å². The molecule has 0 aliphatic carbocycles. The molecule has 0 spiro atoms. The Bertz CT molecular complexity index is 685. The van der Waals surface area contributed by atoms with Crippen LogP contribution >= 0.6 is 0 Å². The number of hydrogen-bond donors (Lipinski definition) is 1. The first-order valence-corrected chi connectivity index (χ1v) is 6.95. The van der Waals surface area contributed by atoms with Crippen LogP contribution in [-0.4, -0.2) is 17.8 Å². The van der Waals surface area contributed by atoms with Gasteiger partial charge >= 0.3 is 0 Å². The van der Waals surface area contributed by atoms with Crippen LogP contribution in [-0.2, 0) is 13.6 Å². The summed E-state index contributed by atoms with van der Waals surface area (Å²) < 4.78 is 13.1. The number of nitrogens with one attached hydrogen (secondary N) is 1. The van der Waals surface area contributed by atoms with E-state index in [1.165, 1.54) is 0 Å². The molecule has 0 bridgehead atoms. The van der Waals surface area contributed by atoms with Gasteiger partial charge in [0.15, 0.2) is 11.5 Å². The first-order chi connectivity index (χ1) is 10.3. The van der Waals surface area contributed by atoms with Gasteiger partial charge in [0.05, 0.1) is 13.2 Å². The molecule has 0 saturated carbocycles.